The summed E-state index contributed by atoms with van der Waals surface area (Å²) in [4.78, 5) is 14.5. The first-order valence-corrected chi connectivity index (χ1v) is 10.7. The van der Waals surface area contributed by atoms with Crippen molar-refractivity contribution in [3.8, 4) is 11.3 Å². The SMILES string of the molecule is CN1C(=O)/C(=C\c2cn(Cc3ccc(Cl)cc3Cl)nc2-c2ccccc2)SC1=S. The molecule has 1 saturated heterocycles. The molecule has 8 heteroatoms. The van der Waals surface area contributed by atoms with Crippen LogP contribution in [0.2, 0.25) is 10.0 Å². The van der Waals surface area contributed by atoms with Gasteiger partial charge in [0.1, 0.15) is 4.32 Å². The van der Waals surface area contributed by atoms with Gasteiger partial charge in [0, 0.05) is 34.4 Å². The average molecular weight is 460 g/mol. The molecule has 3 aromatic rings. The number of carbonyl (C=O) groups excluding carboxylic acids is 1. The highest BCUT2D eigenvalue weighted by atomic mass is 35.5. The molecule has 4 rings (SSSR count). The molecule has 0 bridgehead atoms. The first kappa shape index (κ1) is 20.2. The number of carbonyl (C=O) groups is 1. The maximum absolute atomic E-state index is 12.4. The second kappa shape index (κ2) is 8.32. The van der Waals surface area contributed by atoms with Crippen molar-refractivity contribution in [1.29, 1.82) is 0 Å². The Morgan fingerprint density at radius 2 is 1.93 bits per heavy atom. The summed E-state index contributed by atoms with van der Waals surface area (Å²) in [6.07, 6.45) is 3.76. The van der Waals surface area contributed by atoms with E-state index in [1.54, 1.807) is 19.2 Å². The van der Waals surface area contributed by atoms with Crippen LogP contribution >= 0.6 is 47.2 Å². The van der Waals surface area contributed by atoms with Gasteiger partial charge in [-0.3, -0.25) is 14.4 Å². The Kier molecular flexibility index (Phi) is 5.79. The van der Waals surface area contributed by atoms with Crippen molar-refractivity contribution >= 4 is 63.5 Å². The van der Waals surface area contributed by atoms with Crippen LogP contribution in [0.15, 0.2) is 59.6 Å². The molecular formula is C21H15Cl2N3OS2. The van der Waals surface area contributed by atoms with Gasteiger partial charge in [-0.05, 0) is 23.8 Å². The first-order valence-electron chi connectivity index (χ1n) is 8.71. The Hall–Kier alpha value is -2.12. The minimum Gasteiger partial charge on any atom is -0.296 e. The zero-order valence-corrected chi connectivity index (χ0v) is 18.4. The quantitative estimate of drug-likeness (QED) is 0.368. The van der Waals surface area contributed by atoms with Gasteiger partial charge in [-0.15, -0.1) is 0 Å². The van der Waals surface area contributed by atoms with Gasteiger partial charge in [-0.2, -0.15) is 5.10 Å². The van der Waals surface area contributed by atoms with Gasteiger partial charge in [-0.25, -0.2) is 0 Å². The van der Waals surface area contributed by atoms with Crippen molar-refractivity contribution < 1.29 is 4.79 Å². The van der Waals surface area contributed by atoms with E-state index < -0.39 is 0 Å². The van der Waals surface area contributed by atoms with E-state index in [4.69, 9.17) is 40.5 Å². The number of hydrogen-bond donors (Lipinski definition) is 0. The van der Waals surface area contributed by atoms with E-state index in [9.17, 15) is 4.79 Å². The van der Waals surface area contributed by atoms with E-state index in [2.05, 4.69) is 0 Å². The average Bonchev–Trinajstić information content (AvgIpc) is 3.21. The third-order valence-electron chi connectivity index (χ3n) is 4.46. The van der Waals surface area contributed by atoms with Crippen LogP contribution in [0.3, 0.4) is 0 Å². The molecule has 0 N–H and O–H groups in total. The maximum atomic E-state index is 12.4. The number of amides is 1. The van der Waals surface area contributed by atoms with E-state index in [-0.39, 0.29) is 5.91 Å². The van der Waals surface area contributed by atoms with Crippen molar-refractivity contribution in [2.75, 3.05) is 7.05 Å². The normalized spacial score (nSPS) is 15.6. The van der Waals surface area contributed by atoms with Gasteiger partial charge in [-0.1, -0.05) is 83.6 Å². The molecule has 1 aromatic heterocycles. The summed E-state index contributed by atoms with van der Waals surface area (Å²) < 4.78 is 2.36. The minimum absolute atomic E-state index is 0.104. The number of thiocarbonyl (C=S) groups is 1. The molecule has 1 fully saturated rings. The molecule has 2 heterocycles. The molecule has 1 aliphatic rings. The molecule has 0 unspecified atom stereocenters. The number of rotatable bonds is 4. The standard InChI is InChI=1S/C21H15Cl2N3OS2/c1-25-20(27)18(29-21(25)28)9-15-12-26(11-14-7-8-16(22)10-17(14)23)24-19(15)13-5-3-2-4-6-13/h2-10,12H,11H2,1H3/b18-9+. The topological polar surface area (TPSA) is 38.1 Å². The fraction of sp³-hybridized carbons (Fsp3) is 0.0952. The van der Waals surface area contributed by atoms with Gasteiger partial charge >= 0.3 is 0 Å². The number of nitrogens with zero attached hydrogens (tertiary/aromatic N) is 3. The number of hydrogen-bond acceptors (Lipinski definition) is 4. The number of aromatic nitrogens is 2. The predicted octanol–water partition coefficient (Wildman–Crippen LogP) is 5.74. The predicted molar refractivity (Wildman–Crippen MR) is 124 cm³/mol. The molecule has 0 saturated carbocycles. The molecular weight excluding hydrogens is 445 g/mol. The van der Waals surface area contributed by atoms with E-state index in [0.717, 1.165) is 22.4 Å². The molecule has 4 nitrogen and oxygen atoms in total. The van der Waals surface area contributed by atoms with Gasteiger partial charge in [0.15, 0.2) is 0 Å². The molecule has 29 heavy (non-hydrogen) atoms. The van der Waals surface area contributed by atoms with Crippen LogP contribution in [0.1, 0.15) is 11.1 Å². The van der Waals surface area contributed by atoms with Gasteiger partial charge < -0.3 is 0 Å². The lowest BCUT2D eigenvalue weighted by molar-refractivity contribution is -0.121. The molecule has 0 aliphatic carbocycles. The van der Waals surface area contributed by atoms with Crippen LogP contribution in [0.25, 0.3) is 17.3 Å². The fourth-order valence-corrected chi connectivity index (χ4v) is 4.59. The summed E-state index contributed by atoms with van der Waals surface area (Å²) in [6.45, 7) is 0.485. The van der Waals surface area contributed by atoms with Crippen LogP contribution < -0.4 is 0 Å². The van der Waals surface area contributed by atoms with Crippen LogP contribution in [0.4, 0.5) is 0 Å². The Balaban J connectivity index is 1.75. The van der Waals surface area contributed by atoms with Crippen LogP contribution in [0.5, 0.6) is 0 Å². The monoisotopic (exact) mass is 459 g/mol. The summed E-state index contributed by atoms with van der Waals surface area (Å²) in [6, 6.07) is 15.3. The highest BCUT2D eigenvalue weighted by molar-refractivity contribution is 8.26. The highest BCUT2D eigenvalue weighted by Crippen LogP contribution is 2.34. The summed E-state index contributed by atoms with van der Waals surface area (Å²) in [5.74, 6) is -0.104. The van der Waals surface area contributed by atoms with Crippen molar-refractivity contribution in [2.45, 2.75) is 6.54 Å². The first-order chi connectivity index (χ1) is 13.9. The number of benzene rings is 2. The summed E-state index contributed by atoms with van der Waals surface area (Å²) >= 11 is 18.9. The highest BCUT2D eigenvalue weighted by Gasteiger charge is 2.29. The molecule has 2 aromatic carbocycles. The maximum Gasteiger partial charge on any atom is 0.265 e. The van der Waals surface area contributed by atoms with Gasteiger partial charge in [0.25, 0.3) is 5.91 Å². The third kappa shape index (κ3) is 4.26. The van der Waals surface area contributed by atoms with E-state index >= 15 is 0 Å². The van der Waals surface area contributed by atoms with Crippen LogP contribution in [-0.4, -0.2) is 32.0 Å². The lowest BCUT2D eigenvalue weighted by atomic mass is 10.1. The second-order valence-corrected chi connectivity index (χ2v) is 8.99. The summed E-state index contributed by atoms with van der Waals surface area (Å²) in [7, 11) is 1.68. The third-order valence-corrected chi connectivity index (χ3v) is 6.53. The molecule has 1 aliphatic heterocycles. The summed E-state index contributed by atoms with van der Waals surface area (Å²) in [5, 5.41) is 5.93. The number of likely N-dealkylation sites (N-methyl/N-ethyl adjacent to an activating group) is 1. The van der Waals surface area contributed by atoms with E-state index in [1.807, 2.05) is 53.4 Å². The lowest BCUT2D eigenvalue weighted by Crippen LogP contribution is -2.22. The van der Waals surface area contributed by atoms with Gasteiger partial charge in [0.2, 0.25) is 0 Å². The zero-order valence-electron chi connectivity index (χ0n) is 15.3. The van der Waals surface area contributed by atoms with Crippen LogP contribution in [-0.2, 0) is 11.3 Å². The Morgan fingerprint density at radius 1 is 1.17 bits per heavy atom. The lowest BCUT2D eigenvalue weighted by Gasteiger charge is -2.05. The van der Waals surface area contributed by atoms with E-state index in [0.29, 0.717) is 25.8 Å². The zero-order chi connectivity index (χ0) is 20.5. The molecule has 0 radical (unpaired) electrons. The van der Waals surface area contributed by atoms with Crippen molar-refractivity contribution in [3.05, 3.63) is 80.8 Å². The minimum atomic E-state index is -0.104. The molecule has 0 atom stereocenters. The smallest absolute Gasteiger partial charge is 0.265 e. The number of halogens is 2. The van der Waals surface area contributed by atoms with Crippen LogP contribution in [0, 0.1) is 0 Å². The van der Waals surface area contributed by atoms with Gasteiger partial charge in [0.05, 0.1) is 17.1 Å². The Labute approximate surface area is 188 Å². The Bertz CT molecular complexity index is 1140. The largest absolute Gasteiger partial charge is 0.296 e. The van der Waals surface area contributed by atoms with Crippen molar-refractivity contribution in [3.63, 3.8) is 0 Å². The molecule has 1 amide bonds. The molecule has 146 valence electrons. The molecule has 0 spiro atoms. The van der Waals surface area contributed by atoms with E-state index in [1.165, 1.54) is 16.7 Å². The summed E-state index contributed by atoms with van der Waals surface area (Å²) in [5.41, 5.74) is 3.50. The number of thioether (sulfide) groups is 1. The Morgan fingerprint density at radius 3 is 2.59 bits per heavy atom. The fourth-order valence-electron chi connectivity index (χ4n) is 2.96. The second-order valence-electron chi connectivity index (χ2n) is 6.47. The van der Waals surface area contributed by atoms with Crippen molar-refractivity contribution in [1.82, 2.24) is 14.7 Å². The van der Waals surface area contributed by atoms with Crippen molar-refractivity contribution in [2.24, 2.45) is 0 Å².